The zero-order chi connectivity index (χ0) is 14.9. The molecule has 0 aliphatic carbocycles. The van der Waals surface area contributed by atoms with Crippen LogP contribution >= 0.6 is 15.9 Å². The predicted octanol–water partition coefficient (Wildman–Crippen LogP) is 4.30. The summed E-state index contributed by atoms with van der Waals surface area (Å²) < 4.78 is 19.2. The van der Waals surface area contributed by atoms with Crippen molar-refractivity contribution in [2.75, 3.05) is 0 Å². The Morgan fingerprint density at radius 3 is 2.40 bits per heavy atom. The molecule has 0 aliphatic heterocycles. The molecular formula is C13H10BrFN2O3. The maximum Gasteiger partial charge on any atom is 0.288 e. The van der Waals surface area contributed by atoms with E-state index in [1.807, 2.05) is 0 Å². The van der Waals surface area contributed by atoms with Crippen molar-refractivity contribution >= 4 is 21.6 Å². The summed E-state index contributed by atoms with van der Waals surface area (Å²) in [7, 11) is 0. The van der Waals surface area contributed by atoms with Crippen LogP contribution in [0.1, 0.15) is 11.1 Å². The molecule has 0 spiro atoms. The summed E-state index contributed by atoms with van der Waals surface area (Å²) in [4.78, 5) is 14.0. The molecule has 1 aromatic carbocycles. The van der Waals surface area contributed by atoms with Gasteiger partial charge < -0.3 is 4.74 Å². The van der Waals surface area contributed by atoms with Crippen LogP contribution in [-0.4, -0.2) is 9.91 Å². The van der Waals surface area contributed by atoms with E-state index in [4.69, 9.17) is 4.74 Å². The zero-order valence-electron chi connectivity index (χ0n) is 10.7. The lowest BCUT2D eigenvalue weighted by molar-refractivity contribution is -0.385. The van der Waals surface area contributed by atoms with Crippen LogP contribution in [0.3, 0.4) is 0 Å². The largest absolute Gasteiger partial charge is 0.437 e. The Bertz CT molecular complexity index is 668. The van der Waals surface area contributed by atoms with Crippen LogP contribution in [0.5, 0.6) is 11.6 Å². The average Bonchev–Trinajstić information content (AvgIpc) is 2.34. The third-order valence-corrected chi connectivity index (χ3v) is 3.20. The molecule has 0 unspecified atom stereocenters. The molecular weight excluding hydrogens is 331 g/mol. The molecule has 0 saturated heterocycles. The number of nitro groups is 1. The maximum absolute atomic E-state index is 13.2. The van der Waals surface area contributed by atoms with E-state index in [-0.39, 0.29) is 17.4 Å². The lowest BCUT2D eigenvalue weighted by Gasteiger charge is -2.12. The Labute approximate surface area is 122 Å². The van der Waals surface area contributed by atoms with Gasteiger partial charge in [-0.3, -0.25) is 10.1 Å². The minimum atomic E-state index is -0.546. The number of aryl methyl sites for hydroxylation is 2. The highest BCUT2D eigenvalue weighted by molar-refractivity contribution is 9.10. The van der Waals surface area contributed by atoms with Crippen molar-refractivity contribution in [3.8, 4) is 11.6 Å². The fraction of sp³-hybridized carbons (Fsp3) is 0.154. The molecule has 0 N–H and O–H groups in total. The SMILES string of the molecule is Cc1cc(F)cc(C)c1Oc1ncc([N+](=O)[O-])cc1Br. The average molecular weight is 341 g/mol. The molecule has 104 valence electrons. The van der Waals surface area contributed by atoms with Gasteiger partial charge in [-0.25, -0.2) is 9.37 Å². The summed E-state index contributed by atoms with van der Waals surface area (Å²) in [5.41, 5.74) is 1.10. The van der Waals surface area contributed by atoms with Crippen LogP contribution in [-0.2, 0) is 0 Å². The predicted molar refractivity (Wildman–Crippen MR) is 74.5 cm³/mol. The Morgan fingerprint density at radius 2 is 1.90 bits per heavy atom. The number of pyridine rings is 1. The van der Waals surface area contributed by atoms with Gasteiger partial charge in [-0.15, -0.1) is 0 Å². The van der Waals surface area contributed by atoms with Gasteiger partial charge in [0.1, 0.15) is 17.8 Å². The van der Waals surface area contributed by atoms with E-state index in [0.717, 1.165) is 6.20 Å². The molecule has 0 atom stereocenters. The third-order valence-electron chi connectivity index (χ3n) is 2.63. The zero-order valence-corrected chi connectivity index (χ0v) is 12.3. The molecule has 7 heteroatoms. The van der Waals surface area contributed by atoms with Gasteiger partial charge in [-0.2, -0.15) is 0 Å². The number of ether oxygens (including phenoxy) is 1. The van der Waals surface area contributed by atoms with E-state index in [1.54, 1.807) is 13.8 Å². The van der Waals surface area contributed by atoms with E-state index >= 15 is 0 Å². The normalized spacial score (nSPS) is 10.4. The Balaban J connectivity index is 2.38. The number of halogens is 2. The molecule has 1 aromatic heterocycles. The van der Waals surface area contributed by atoms with Gasteiger partial charge in [0.05, 0.1) is 9.40 Å². The highest BCUT2D eigenvalue weighted by Crippen LogP contribution is 2.33. The van der Waals surface area contributed by atoms with E-state index in [2.05, 4.69) is 20.9 Å². The number of hydrogen-bond acceptors (Lipinski definition) is 4. The molecule has 0 radical (unpaired) electrons. The van der Waals surface area contributed by atoms with Crippen LogP contribution in [0.4, 0.5) is 10.1 Å². The Hall–Kier alpha value is -2.02. The number of hydrogen-bond donors (Lipinski definition) is 0. The van der Waals surface area contributed by atoms with Crippen molar-refractivity contribution in [2.45, 2.75) is 13.8 Å². The Morgan fingerprint density at radius 1 is 1.30 bits per heavy atom. The van der Waals surface area contributed by atoms with Crippen LogP contribution < -0.4 is 4.74 Å². The molecule has 5 nitrogen and oxygen atoms in total. The van der Waals surface area contributed by atoms with Gasteiger partial charge in [0.2, 0.25) is 5.88 Å². The van der Waals surface area contributed by atoms with Gasteiger partial charge >= 0.3 is 0 Å². The minimum Gasteiger partial charge on any atom is -0.437 e. The first-order valence-corrected chi connectivity index (χ1v) is 6.42. The highest BCUT2D eigenvalue weighted by Gasteiger charge is 2.14. The fourth-order valence-electron chi connectivity index (χ4n) is 1.75. The van der Waals surface area contributed by atoms with Crippen molar-refractivity contribution in [1.82, 2.24) is 4.98 Å². The number of rotatable bonds is 3. The first kappa shape index (κ1) is 14.4. The molecule has 0 saturated carbocycles. The summed E-state index contributed by atoms with van der Waals surface area (Å²) in [5, 5.41) is 10.6. The molecule has 0 fully saturated rings. The fourth-order valence-corrected chi connectivity index (χ4v) is 2.16. The minimum absolute atomic E-state index is 0.142. The summed E-state index contributed by atoms with van der Waals surface area (Å²) >= 11 is 3.17. The maximum atomic E-state index is 13.2. The molecule has 1 heterocycles. The first-order chi connectivity index (χ1) is 9.38. The standard InChI is InChI=1S/C13H10BrFN2O3/c1-7-3-9(15)4-8(2)12(7)20-13-11(14)5-10(6-16-13)17(18)19/h3-6H,1-2H3. The van der Waals surface area contributed by atoms with Crippen molar-refractivity contribution < 1.29 is 14.1 Å². The smallest absolute Gasteiger partial charge is 0.288 e. The van der Waals surface area contributed by atoms with E-state index in [0.29, 0.717) is 21.3 Å². The highest BCUT2D eigenvalue weighted by atomic mass is 79.9. The third kappa shape index (κ3) is 2.93. The molecule has 0 aliphatic rings. The van der Waals surface area contributed by atoms with Gasteiger partial charge in [0.15, 0.2) is 0 Å². The van der Waals surface area contributed by atoms with Crippen molar-refractivity contribution in [3.63, 3.8) is 0 Å². The van der Waals surface area contributed by atoms with Crippen LogP contribution in [0.15, 0.2) is 28.9 Å². The van der Waals surface area contributed by atoms with Gasteiger partial charge in [-0.1, -0.05) is 0 Å². The lowest BCUT2D eigenvalue weighted by atomic mass is 10.1. The van der Waals surface area contributed by atoms with E-state index < -0.39 is 4.92 Å². The van der Waals surface area contributed by atoms with Gasteiger partial charge in [-0.05, 0) is 53.0 Å². The summed E-state index contributed by atoms with van der Waals surface area (Å²) in [6.45, 7) is 3.43. The molecule has 0 amide bonds. The quantitative estimate of drug-likeness (QED) is 0.617. The van der Waals surface area contributed by atoms with Gasteiger partial charge in [0.25, 0.3) is 5.69 Å². The van der Waals surface area contributed by atoms with Crippen LogP contribution in [0, 0.1) is 29.8 Å². The Kier molecular flexibility index (Phi) is 3.99. The topological polar surface area (TPSA) is 65.3 Å². The van der Waals surface area contributed by atoms with Crippen molar-refractivity contribution in [3.05, 3.63) is 55.9 Å². The molecule has 20 heavy (non-hydrogen) atoms. The van der Waals surface area contributed by atoms with Crippen LogP contribution in [0.25, 0.3) is 0 Å². The monoisotopic (exact) mass is 340 g/mol. The summed E-state index contributed by atoms with van der Waals surface area (Å²) in [6, 6.07) is 4.00. The van der Waals surface area contributed by atoms with E-state index in [9.17, 15) is 14.5 Å². The van der Waals surface area contributed by atoms with Crippen molar-refractivity contribution in [2.24, 2.45) is 0 Å². The first-order valence-electron chi connectivity index (χ1n) is 5.63. The summed E-state index contributed by atoms with van der Waals surface area (Å²) in [6.07, 6.45) is 1.11. The molecule has 0 bridgehead atoms. The van der Waals surface area contributed by atoms with Crippen molar-refractivity contribution in [1.29, 1.82) is 0 Å². The number of benzene rings is 1. The number of aromatic nitrogens is 1. The second-order valence-electron chi connectivity index (χ2n) is 4.21. The van der Waals surface area contributed by atoms with Crippen LogP contribution in [0.2, 0.25) is 0 Å². The summed E-state index contributed by atoms with van der Waals surface area (Å²) in [5.74, 6) is 0.324. The van der Waals surface area contributed by atoms with E-state index in [1.165, 1.54) is 18.2 Å². The molecule has 2 aromatic rings. The second kappa shape index (κ2) is 5.54. The van der Waals surface area contributed by atoms with Gasteiger partial charge in [0, 0.05) is 6.07 Å². The lowest BCUT2D eigenvalue weighted by Crippen LogP contribution is -1.96. The molecule has 2 rings (SSSR count). The second-order valence-corrected chi connectivity index (χ2v) is 5.06. The number of nitrogens with zero attached hydrogens (tertiary/aromatic N) is 2.